The van der Waals surface area contributed by atoms with Crippen LogP contribution in [0.25, 0.3) is 0 Å². The predicted octanol–water partition coefficient (Wildman–Crippen LogP) is 0.0282. The van der Waals surface area contributed by atoms with Crippen LogP contribution in [-0.4, -0.2) is 44.2 Å². The van der Waals surface area contributed by atoms with Gasteiger partial charge in [0.2, 0.25) is 5.95 Å². The number of hydrogen-bond acceptors (Lipinski definition) is 6. The summed E-state index contributed by atoms with van der Waals surface area (Å²) in [5.41, 5.74) is 1.03. The zero-order chi connectivity index (χ0) is 11.9. The van der Waals surface area contributed by atoms with E-state index in [1.807, 2.05) is 10.7 Å². The molecule has 0 amide bonds. The average Bonchev–Trinajstić information content (AvgIpc) is 3.05. The van der Waals surface area contributed by atoms with Crippen LogP contribution in [0.5, 0.6) is 0 Å². The van der Waals surface area contributed by atoms with Gasteiger partial charge in [-0.25, -0.2) is 14.6 Å². The third kappa shape index (κ3) is 1.40. The van der Waals surface area contributed by atoms with Crippen LogP contribution >= 0.6 is 0 Å². The van der Waals surface area contributed by atoms with Crippen molar-refractivity contribution in [2.24, 2.45) is 0 Å². The summed E-state index contributed by atoms with van der Waals surface area (Å²) in [6.45, 7) is 2.19. The molecule has 7 nitrogen and oxygen atoms in total. The summed E-state index contributed by atoms with van der Waals surface area (Å²) in [7, 11) is 0. The number of rotatable bonds is 1. The molecular formula is C11H12N6O. The molecule has 1 fully saturated rings. The first-order valence-corrected chi connectivity index (χ1v) is 5.94. The Morgan fingerprint density at radius 1 is 1.22 bits per heavy atom. The third-order valence-electron chi connectivity index (χ3n) is 3.48. The minimum Gasteiger partial charge on any atom is -0.368 e. The molecule has 92 valence electrons. The lowest BCUT2D eigenvalue weighted by Gasteiger charge is -2.25. The van der Waals surface area contributed by atoms with E-state index in [4.69, 9.17) is 4.74 Å². The van der Waals surface area contributed by atoms with Crippen LogP contribution in [0.1, 0.15) is 11.7 Å². The van der Waals surface area contributed by atoms with Gasteiger partial charge in [0.25, 0.3) is 0 Å². The van der Waals surface area contributed by atoms with Crippen molar-refractivity contribution in [1.29, 1.82) is 0 Å². The fourth-order valence-electron chi connectivity index (χ4n) is 2.61. The van der Waals surface area contributed by atoms with Crippen molar-refractivity contribution in [1.82, 2.24) is 25.0 Å². The summed E-state index contributed by atoms with van der Waals surface area (Å²) in [5, 5.41) is 8.09. The van der Waals surface area contributed by atoms with Gasteiger partial charge in [-0.2, -0.15) is 0 Å². The molecule has 0 aliphatic carbocycles. The van der Waals surface area contributed by atoms with Crippen LogP contribution in [0.2, 0.25) is 0 Å². The highest BCUT2D eigenvalue weighted by molar-refractivity contribution is 5.32. The molecule has 2 aromatic rings. The molecule has 4 rings (SSSR count). The van der Waals surface area contributed by atoms with E-state index < -0.39 is 0 Å². The molecule has 4 heterocycles. The van der Waals surface area contributed by atoms with Crippen molar-refractivity contribution in [3.8, 4) is 0 Å². The van der Waals surface area contributed by atoms with E-state index in [0.717, 1.165) is 24.7 Å². The van der Waals surface area contributed by atoms with Crippen LogP contribution in [0.15, 0.2) is 24.7 Å². The van der Waals surface area contributed by atoms with Crippen LogP contribution in [0, 0.1) is 0 Å². The number of nitrogens with zero attached hydrogens (tertiary/aromatic N) is 6. The van der Waals surface area contributed by atoms with E-state index >= 15 is 0 Å². The van der Waals surface area contributed by atoms with Crippen LogP contribution < -0.4 is 4.90 Å². The SMILES string of the molecule is c1cnc(N2C[C@@H]3[C@@H](C2)OCc2cnnn23)nc1. The summed E-state index contributed by atoms with van der Waals surface area (Å²) in [6, 6.07) is 2.03. The van der Waals surface area contributed by atoms with E-state index in [9.17, 15) is 0 Å². The van der Waals surface area contributed by atoms with Gasteiger partial charge < -0.3 is 9.64 Å². The van der Waals surface area contributed by atoms with Crippen molar-refractivity contribution in [3.63, 3.8) is 0 Å². The Kier molecular flexibility index (Phi) is 2.07. The number of hydrogen-bond donors (Lipinski definition) is 0. The second kappa shape index (κ2) is 3.74. The Balaban J connectivity index is 1.64. The molecule has 18 heavy (non-hydrogen) atoms. The summed E-state index contributed by atoms with van der Waals surface area (Å²) >= 11 is 0. The van der Waals surface area contributed by atoms with Gasteiger partial charge in [-0.15, -0.1) is 5.10 Å². The van der Waals surface area contributed by atoms with E-state index in [-0.39, 0.29) is 12.1 Å². The molecule has 0 radical (unpaired) electrons. The first kappa shape index (κ1) is 9.95. The Morgan fingerprint density at radius 2 is 2.11 bits per heavy atom. The van der Waals surface area contributed by atoms with Crippen molar-refractivity contribution < 1.29 is 4.74 Å². The van der Waals surface area contributed by atoms with Gasteiger partial charge in [0.05, 0.1) is 30.6 Å². The fraction of sp³-hybridized carbons (Fsp3) is 0.455. The van der Waals surface area contributed by atoms with E-state index in [2.05, 4.69) is 25.2 Å². The molecule has 0 N–H and O–H groups in total. The Bertz CT molecular complexity index is 556. The minimum absolute atomic E-state index is 0.142. The smallest absolute Gasteiger partial charge is 0.225 e. The lowest BCUT2D eigenvalue weighted by Crippen LogP contribution is -2.32. The second-order valence-electron chi connectivity index (χ2n) is 4.54. The zero-order valence-corrected chi connectivity index (χ0v) is 9.68. The number of aromatic nitrogens is 5. The predicted molar refractivity (Wildman–Crippen MR) is 61.9 cm³/mol. The van der Waals surface area contributed by atoms with Gasteiger partial charge in [0.1, 0.15) is 0 Å². The lowest BCUT2D eigenvalue weighted by molar-refractivity contribution is -0.00255. The number of anilines is 1. The highest BCUT2D eigenvalue weighted by atomic mass is 16.5. The van der Waals surface area contributed by atoms with E-state index in [0.29, 0.717) is 6.61 Å². The lowest BCUT2D eigenvalue weighted by atomic mass is 10.2. The molecule has 2 aliphatic heterocycles. The Labute approximate surface area is 103 Å². The van der Waals surface area contributed by atoms with Gasteiger partial charge in [-0.05, 0) is 6.07 Å². The molecule has 0 bridgehead atoms. The molecule has 0 saturated carbocycles. The number of ether oxygens (including phenoxy) is 1. The highest BCUT2D eigenvalue weighted by Crippen LogP contribution is 2.31. The molecule has 0 aromatic carbocycles. The van der Waals surface area contributed by atoms with Crippen LogP contribution in [0.4, 0.5) is 5.95 Å². The topological polar surface area (TPSA) is 69.0 Å². The quantitative estimate of drug-likeness (QED) is 0.705. The van der Waals surface area contributed by atoms with Gasteiger partial charge in [0.15, 0.2) is 0 Å². The largest absolute Gasteiger partial charge is 0.368 e. The molecule has 2 aliphatic rings. The van der Waals surface area contributed by atoms with Crippen LogP contribution in [0.3, 0.4) is 0 Å². The van der Waals surface area contributed by atoms with Crippen molar-refractivity contribution >= 4 is 5.95 Å². The first-order valence-electron chi connectivity index (χ1n) is 5.94. The Morgan fingerprint density at radius 3 is 3.00 bits per heavy atom. The highest BCUT2D eigenvalue weighted by Gasteiger charge is 2.40. The van der Waals surface area contributed by atoms with Crippen molar-refractivity contribution in [3.05, 3.63) is 30.4 Å². The minimum atomic E-state index is 0.142. The van der Waals surface area contributed by atoms with Crippen molar-refractivity contribution in [2.75, 3.05) is 18.0 Å². The summed E-state index contributed by atoms with van der Waals surface area (Å²) in [6.07, 6.45) is 5.42. The molecule has 0 spiro atoms. The van der Waals surface area contributed by atoms with Gasteiger partial charge in [-0.3, -0.25) is 0 Å². The average molecular weight is 244 g/mol. The van der Waals surface area contributed by atoms with Gasteiger partial charge in [-0.1, -0.05) is 5.21 Å². The standard InChI is InChI=1S/C11H12N6O/c1-2-12-11(13-3-1)16-5-9-10(6-16)18-7-8-4-14-15-17(8)9/h1-4,9-10H,5-7H2/t9-,10-/m1/s1. The first-order chi connectivity index (χ1) is 8.92. The molecular weight excluding hydrogens is 232 g/mol. The van der Waals surface area contributed by atoms with Crippen molar-refractivity contribution in [2.45, 2.75) is 18.8 Å². The van der Waals surface area contributed by atoms with E-state index in [1.165, 1.54) is 0 Å². The summed E-state index contributed by atoms with van der Waals surface area (Å²) < 4.78 is 7.81. The van der Waals surface area contributed by atoms with Gasteiger partial charge in [0, 0.05) is 25.5 Å². The van der Waals surface area contributed by atoms with E-state index in [1.54, 1.807) is 18.6 Å². The fourth-order valence-corrected chi connectivity index (χ4v) is 2.61. The second-order valence-corrected chi connectivity index (χ2v) is 4.54. The molecule has 2 aromatic heterocycles. The molecule has 1 saturated heterocycles. The third-order valence-corrected chi connectivity index (χ3v) is 3.48. The number of fused-ring (bicyclic) bond motifs is 3. The summed E-state index contributed by atoms with van der Waals surface area (Å²) in [4.78, 5) is 10.7. The maximum atomic E-state index is 5.84. The molecule has 2 atom stereocenters. The monoisotopic (exact) mass is 244 g/mol. The maximum absolute atomic E-state index is 5.84. The normalized spacial score (nSPS) is 25.9. The zero-order valence-electron chi connectivity index (χ0n) is 9.68. The molecule has 7 heteroatoms. The van der Waals surface area contributed by atoms with Crippen LogP contribution in [-0.2, 0) is 11.3 Å². The Hall–Kier alpha value is -2.02. The van der Waals surface area contributed by atoms with Gasteiger partial charge >= 0.3 is 0 Å². The summed E-state index contributed by atoms with van der Waals surface area (Å²) in [5.74, 6) is 0.747. The molecule has 0 unspecified atom stereocenters. The maximum Gasteiger partial charge on any atom is 0.225 e.